The van der Waals surface area contributed by atoms with Crippen LogP contribution in [0, 0.1) is 11.3 Å². The monoisotopic (exact) mass is 270 g/mol. The van der Waals surface area contributed by atoms with Crippen molar-refractivity contribution in [3.63, 3.8) is 0 Å². The summed E-state index contributed by atoms with van der Waals surface area (Å²) in [5.41, 5.74) is -0.429. The highest BCUT2D eigenvalue weighted by atomic mass is 16.4. The standard InChI is InChI=1S/C14H26N2O3/c1-4-16(9-7-12(17)18)13(19)14(2,3)11-6-5-8-15-10-11/h11,15H,4-10H2,1-3H3,(H,17,18). The smallest absolute Gasteiger partial charge is 0.305 e. The van der Waals surface area contributed by atoms with Crippen molar-refractivity contribution in [2.24, 2.45) is 11.3 Å². The highest BCUT2D eigenvalue weighted by Gasteiger charge is 2.39. The molecule has 1 unspecified atom stereocenters. The Labute approximate surface area is 115 Å². The number of hydrogen-bond acceptors (Lipinski definition) is 3. The van der Waals surface area contributed by atoms with E-state index in [0.29, 0.717) is 19.0 Å². The van der Waals surface area contributed by atoms with Gasteiger partial charge in [-0.15, -0.1) is 0 Å². The van der Waals surface area contributed by atoms with Gasteiger partial charge < -0.3 is 15.3 Å². The van der Waals surface area contributed by atoms with Gasteiger partial charge in [-0.05, 0) is 38.8 Å². The summed E-state index contributed by atoms with van der Waals surface area (Å²) in [5, 5.41) is 12.1. The second-order valence-electron chi connectivity index (χ2n) is 5.79. The van der Waals surface area contributed by atoms with Crippen molar-refractivity contribution in [2.45, 2.75) is 40.0 Å². The van der Waals surface area contributed by atoms with E-state index in [9.17, 15) is 9.59 Å². The van der Waals surface area contributed by atoms with Gasteiger partial charge >= 0.3 is 5.97 Å². The fraction of sp³-hybridized carbons (Fsp3) is 0.857. The van der Waals surface area contributed by atoms with Crippen LogP contribution in [-0.2, 0) is 9.59 Å². The van der Waals surface area contributed by atoms with Crippen LogP contribution in [0.5, 0.6) is 0 Å². The largest absolute Gasteiger partial charge is 0.481 e. The summed E-state index contributed by atoms with van der Waals surface area (Å²) in [7, 11) is 0. The molecule has 1 amide bonds. The van der Waals surface area contributed by atoms with Gasteiger partial charge in [0.25, 0.3) is 0 Å². The number of amides is 1. The summed E-state index contributed by atoms with van der Waals surface area (Å²) < 4.78 is 0. The predicted molar refractivity (Wildman–Crippen MR) is 73.9 cm³/mol. The Hall–Kier alpha value is -1.10. The van der Waals surface area contributed by atoms with Crippen LogP contribution in [0.3, 0.4) is 0 Å². The second-order valence-corrected chi connectivity index (χ2v) is 5.79. The third-order valence-corrected chi connectivity index (χ3v) is 4.13. The fourth-order valence-corrected chi connectivity index (χ4v) is 2.68. The van der Waals surface area contributed by atoms with Gasteiger partial charge in [-0.1, -0.05) is 13.8 Å². The van der Waals surface area contributed by atoms with Gasteiger partial charge in [0, 0.05) is 18.5 Å². The molecule has 1 saturated heterocycles. The lowest BCUT2D eigenvalue weighted by molar-refractivity contribution is -0.145. The fourth-order valence-electron chi connectivity index (χ4n) is 2.68. The zero-order chi connectivity index (χ0) is 14.5. The number of nitrogens with zero attached hydrogens (tertiary/aromatic N) is 1. The number of nitrogens with one attached hydrogen (secondary N) is 1. The van der Waals surface area contributed by atoms with Crippen LogP contribution in [0.2, 0.25) is 0 Å². The summed E-state index contributed by atoms with van der Waals surface area (Å²) in [6.45, 7) is 8.62. The lowest BCUT2D eigenvalue weighted by Crippen LogP contribution is -2.49. The van der Waals surface area contributed by atoms with Gasteiger partial charge in [-0.3, -0.25) is 9.59 Å². The van der Waals surface area contributed by atoms with E-state index in [0.717, 1.165) is 25.9 Å². The minimum absolute atomic E-state index is 0.0125. The summed E-state index contributed by atoms with van der Waals surface area (Å²) in [6.07, 6.45) is 2.17. The molecule has 5 nitrogen and oxygen atoms in total. The Morgan fingerprint density at radius 2 is 2.11 bits per heavy atom. The molecule has 0 saturated carbocycles. The first-order chi connectivity index (χ1) is 8.89. The normalized spacial score (nSPS) is 20.1. The molecule has 1 rings (SSSR count). The van der Waals surface area contributed by atoms with E-state index in [2.05, 4.69) is 5.32 Å². The van der Waals surface area contributed by atoms with Gasteiger partial charge in [0.15, 0.2) is 0 Å². The third-order valence-electron chi connectivity index (χ3n) is 4.13. The molecule has 0 aromatic carbocycles. The number of carbonyl (C=O) groups excluding carboxylic acids is 1. The van der Waals surface area contributed by atoms with Crippen molar-refractivity contribution >= 4 is 11.9 Å². The molecule has 19 heavy (non-hydrogen) atoms. The van der Waals surface area contributed by atoms with Crippen molar-refractivity contribution in [1.82, 2.24) is 10.2 Å². The molecule has 0 radical (unpaired) electrons. The minimum Gasteiger partial charge on any atom is -0.481 e. The van der Waals surface area contributed by atoms with Crippen molar-refractivity contribution in [1.29, 1.82) is 0 Å². The van der Waals surface area contributed by atoms with Crippen LogP contribution in [0.4, 0.5) is 0 Å². The van der Waals surface area contributed by atoms with E-state index in [1.165, 1.54) is 0 Å². The molecule has 1 heterocycles. The zero-order valence-corrected chi connectivity index (χ0v) is 12.2. The molecular formula is C14H26N2O3. The number of aliphatic carboxylic acids is 1. The van der Waals surface area contributed by atoms with Crippen LogP contribution in [-0.4, -0.2) is 48.1 Å². The Bertz CT molecular complexity index is 323. The van der Waals surface area contributed by atoms with E-state index >= 15 is 0 Å². The molecule has 0 aromatic heterocycles. The predicted octanol–water partition coefficient (Wildman–Crippen LogP) is 1.34. The molecule has 0 spiro atoms. The molecule has 1 atom stereocenters. The molecule has 5 heteroatoms. The summed E-state index contributed by atoms with van der Waals surface area (Å²) >= 11 is 0. The molecular weight excluding hydrogens is 244 g/mol. The number of hydrogen-bond donors (Lipinski definition) is 2. The summed E-state index contributed by atoms with van der Waals surface area (Å²) in [4.78, 5) is 24.9. The van der Waals surface area contributed by atoms with E-state index in [-0.39, 0.29) is 12.3 Å². The maximum Gasteiger partial charge on any atom is 0.305 e. The van der Waals surface area contributed by atoms with Crippen molar-refractivity contribution < 1.29 is 14.7 Å². The maximum absolute atomic E-state index is 12.6. The Balaban J connectivity index is 2.67. The second kappa shape index (κ2) is 6.89. The quantitative estimate of drug-likeness (QED) is 0.764. The van der Waals surface area contributed by atoms with Crippen LogP contribution < -0.4 is 5.32 Å². The van der Waals surface area contributed by atoms with Gasteiger partial charge in [0.2, 0.25) is 5.91 Å². The number of carboxylic acids is 1. The summed E-state index contributed by atoms with van der Waals surface area (Å²) in [5.74, 6) is -0.457. The minimum atomic E-state index is -0.858. The average molecular weight is 270 g/mol. The van der Waals surface area contributed by atoms with Crippen LogP contribution in [0.1, 0.15) is 40.0 Å². The molecule has 0 aliphatic carbocycles. The van der Waals surface area contributed by atoms with Gasteiger partial charge in [0.1, 0.15) is 0 Å². The average Bonchev–Trinajstić information content (AvgIpc) is 2.39. The summed E-state index contributed by atoms with van der Waals surface area (Å²) in [6, 6.07) is 0. The molecule has 1 aliphatic heterocycles. The van der Waals surface area contributed by atoms with E-state index in [1.54, 1.807) is 4.90 Å². The molecule has 110 valence electrons. The van der Waals surface area contributed by atoms with E-state index in [4.69, 9.17) is 5.11 Å². The molecule has 0 bridgehead atoms. The SMILES string of the molecule is CCN(CCC(=O)O)C(=O)C(C)(C)C1CCCNC1. The van der Waals surface area contributed by atoms with Gasteiger partial charge in [-0.2, -0.15) is 0 Å². The first-order valence-corrected chi connectivity index (χ1v) is 7.11. The number of rotatable bonds is 6. The lowest BCUT2D eigenvalue weighted by atomic mass is 9.74. The van der Waals surface area contributed by atoms with Gasteiger partial charge in [-0.25, -0.2) is 0 Å². The number of carboxylic acid groups (broad SMARTS) is 1. The van der Waals surface area contributed by atoms with Crippen LogP contribution >= 0.6 is 0 Å². The number of piperidine rings is 1. The van der Waals surface area contributed by atoms with Gasteiger partial charge in [0.05, 0.1) is 6.42 Å². The Kier molecular flexibility index (Phi) is 5.79. The van der Waals surface area contributed by atoms with E-state index < -0.39 is 11.4 Å². The first kappa shape index (κ1) is 16.0. The topological polar surface area (TPSA) is 69.6 Å². The zero-order valence-electron chi connectivity index (χ0n) is 12.2. The highest BCUT2D eigenvalue weighted by Crippen LogP contribution is 2.33. The third kappa shape index (κ3) is 4.20. The molecule has 1 aliphatic rings. The van der Waals surface area contributed by atoms with Crippen molar-refractivity contribution in [2.75, 3.05) is 26.2 Å². The lowest BCUT2D eigenvalue weighted by Gasteiger charge is -2.39. The van der Waals surface area contributed by atoms with Crippen LogP contribution in [0.25, 0.3) is 0 Å². The first-order valence-electron chi connectivity index (χ1n) is 7.11. The molecule has 1 fully saturated rings. The number of carbonyl (C=O) groups is 2. The van der Waals surface area contributed by atoms with Crippen LogP contribution in [0.15, 0.2) is 0 Å². The Morgan fingerprint density at radius 1 is 1.42 bits per heavy atom. The highest BCUT2D eigenvalue weighted by molar-refractivity contribution is 5.82. The maximum atomic E-state index is 12.6. The van der Waals surface area contributed by atoms with Crippen molar-refractivity contribution in [3.8, 4) is 0 Å². The van der Waals surface area contributed by atoms with Crippen molar-refractivity contribution in [3.05, 3.63) is 0 Å². The van der Waals surface area contributed by atoms with E-state index in [1.807, 2.05) is 20.8 Å². The molecule has 2 N–H and O–H groups in total. The molecule has 0 aromatic rings. The Morgan fingerprint density at radius 3 is 2.58 bits per heavy atom.